The zero-order valence-electron chi connectivity index (χ0n) is 12.7. The second-order valence-electron chi connectivity index (χ2n) is 5.18. The van der Waals surface area contributed by atoms with Crippen molar-refractivity contribution in [2.75, 3.05) is 0 Å². The first-order valence-corrected chi connectivity index (χ1v) is 7.25. The first kappa shape index (κ1) is 14.5. The molecule has 1 heterocycles. The van der Waals surface area contributed by atoms with Gasteiger partial charge in [-0.2, -0.15) is 5.10 Å². The number of aromatic nitrogens is 2. The highest BCUT2D eigenvalue weighted by atomic mass is 16.1. The van der Waals surface area contributed by atoms with Crippen molar-refractivity contribution in [1.29, 1.82) is 0 Å². The van der Waals surface area contributed by atoms with Gasteiger partial charge in [0.25, 0.3) is 0 Å². The highest BCUT2D eigenvalue weighted by Crippen LogP contribution is 2.18. The minimum atomic E-state index is -0.257. The summed E-state index contributed by atoms with van der Waals surface area (Å²) in [4.78, 5) is 12.6. The quantitative estimate of drug-likeness (QED) is 0.775. The zero-order chi connectivity index (χ0) is 14.7. The molecular formula is C17H22N2O. The number of aryl methyl sites for hydroxylation is 3. The van der Waals surface area contributed by atoms with Crippen LogP contribution in [0, 0.1) is 6.92 Å². The summed E-state index contributed by atoms with van der Waals surface area (Å²) >= 11 is 0. The van der Waals surface area contributed by atoms with Crippen molar-refractivity contribution >= 4 is 5.78 Å². The van der Waals surface area contributed by atoms with Crippen LogP contribution in [0.1, 0.15) is 54.1 Å². The molecule has 1 atom stereocenters. The van der Waals surface area contributed by atoms with Crippen LogP contribution < -0.4 is 0 Å². The van der Waals surface area contributed by atoms with Gasteiger partial charge in [-0.25, -0.2) is 0 Å². The fourth-order valence-corrected chi connectivity index (χ4v) is 2.33. The highest BCUT2D eigenvalue weighted by Gasteiger charge is 2.20. The van der Waals surface area contributed by atoms with E-state index < -0.39 is 0 Å². The molecule has 0 radical (unpaired) electrons. The van der Waals surface area contributed by atoms with Crippen LogP contribution >= 0.6 is 0 Å². The number of benzene rings is 1. The Bertz CT molecular complexity index is 596. The number of Topliss-reactive ketones (excluding diaryl/α,β-unsaturated/α-hetero) is 1. The van der Waals surface area contributed by atoms with Gasteiger partial charge in [-0.15, -0.1) is 0 Å². The Balaban J connectivity index is 2.30. The van der Waals surface area contributed by atoms with Crippen LogP contribution in [0.5, 0.6) is 0 Å². The molecule has 0 bridgehead atoms. The van der Waals surface area contributed by atoms with Gasteiger partial charge in [0.1, 0.15) is 6.04 Å². The molecule has 3 nitrogen and oxygen atoms in total. The average Bonchev–Trinajstić information content (AvgIpc) is 2.90. The van der Waals surface area contributed by atoms with Gasteiger partial charge in [-0.05, 0) is 32.8 Å². The van der Waals surface area contributed by atoms with E-state index in [-0.39, 0.29) is 11.8 Å². The summed E-state index contributed by atoms with van der Waals surface area (Å²) < 4.78 is 1.88. The van der Waals surface area contributed by atoms with E-state index >= 15 is 0 Å². The van der Waals surface area contributed by atoms with E-state index in [0.29, 0.717) is 0 Å². The predicted molar refractivity (Wildman–Crippen MR) is 81.2 cm³/mol. The van der Waals surface area contributed by atoms with Crippen LogP contribution in [0.3, 0.4) is 0 Å². The standard InChI is InChI=1S/C17H22N2O/c1-5-15-11-16(6-2)19(18-15)13(4)17(20)14-9-7-12(3)8-10-14/h7-11,13H,5-6H2,1-4H3. The molecule has 2 rings (SSSR count). The summed E-state index contributed by atoms with van der Waals surface area (Å²) in [5, 5.41) is 4.56. The van der Waals surface area contributed by atoms with E-state index in [4.69, 9.17) is 0 Å². The Kier molecular flexibility index (Phi) is 4.38. The third kappa shape index (κ3) is 2.82. The van der Waals surface area contributed by atoms with Gasteiger partial charge >= 0.3 is 0 Å². The lowest BCUT2D eigenvalue weighted by Gasteiger charge is -2.14. The van der Waals surface area contributed by atoms with E-state index in [1.54, 1.807) is 0 Å². The molecule has 2 aromatic rings. The summed E-state index contributed by atoms with van der Waals surface area (Å²) in [6.45, 7) is 8.12. The monoisotopic (exact) mass is 270 g/mol. The number of rotatable bonds is 5. The van der Waals surface area contributed by atoms with Crippen molar-refractivity contribution in [3.8, 4) is 0 Å². The van der Waals surface area contributed by atoms with E-state index in [9.17, 15) is 4.79 Å². The molecule has 0 spiro atoms. The number of hydrogen-bond donors (Lipinski definition) is 0. The van der Waals surface area contributed by atoms with E-state index in [1.807, 2.05) is 42.8 Å². The van der Waals surface area contributed by atoms with E-state index in [2.05, 4.69) is 25.0 Å². The maximum Gasteiger partial charge on any atom is 0.187 e. The smallest absolute Gasteiger partial charge is 0.187 e. The molecule has 0 N–H and O–H groups in total. The number of carbonyl (C=O) groups is 1. The largest absolute Gasteiger partial charge is 0.292 e. The van der Waals surface area contributed by atoms with Gasteiger partial charge in [-0.1, -0.05) is 43.7 Å². The van der Waals surface area contributed by atoms with Gasteiger partial charge in [-0.3, -0.25) is 9.48 Å². The van der Waals surface area contributed by atoms with Crippen molar-refractivity contribution in [3.63, 3.8) is 0 Å². The molecule has 0 saturated heterocycles. The first-order valence-electron chi connectivity index (χ1n) is 7.25. The summed E-state index contributed by atoms with van der Waals surface area (Å²) in [5.74, 6) is 0.116. The Morgan fingerprint density at radius 2 is 1.85 bits per heavy atom. The molecular weight excluding hydrogens is 248 g/mol. The molecule has 1 aromatic heterocycles. The van der Waals surface area contributed by atoms with Gasteiger partial charge in [0.05, 0.1) is 5.69 Å². The normalized spacial score (nSPS) is 12.4. The van der Waals surface area contributed by atoms with Crippen molar-refractivity contribution in [1.82, 2.24) is 9.78 Å². The number of carbonyl (C=O) groups excluding carboxylic acids is 1. The first-order chi connectivity index (χ1) is 9.56. The van der Waals surface area contributed by atoms with Crippen molar-refractivity contribution in [2.45, 2.75) is 46.6 Å². The molecule has 1 unspecified atom stereocenters. The van der Waals surface area contributed by atoms with Crippen molar-refractivity contribution < 1.29 is 4.79 Å². The molecule has 0 fully saturated rings. The third-order valence-corrected chi connectivity index (χ3v) is 3.67. The van der Waals surface area contributed by atoms with Crippen LogP contribution in [0.2, 0.25) is 0 Å². The highest BCUT2D eigenvalue weighted by molar-refractivity contribution is 5.98. The second kappa shape index (κ2) is 6.04. The lowest BCUT2D eigenvalue weighted by atomic mass is 10.0. The second-order valence-corrected chi connectivity index (χ2v) is 5.18. The Hall–Kier alpha value is -1.90. The SMILES string of the molecule is CCc1cc(CC)n(C(C)C(=O)c2ccc(C)cc2)n1. The number of nitrogens with zero attached hydrogens (tertiary/aromatic N) is 2. The minimum Gasteiger partial charge on any atom is -0.292 e. The molecule has 0 saturated carbocycles. The topological polar surface area (TPSA) is 34.9 Å². The molecule has 3 heteroatoms. The van der Waals surface area contributed by atoms with Crippen molar-refractivity contribution in [3.05, 3.63) is 52.8 Å². The van der Waals surface area contributed by atoms with Crippen LogP contribution in [0.15, 0.2) is 30.3 Å². The zero-order valence-corrected chi connectivity index (χ0v) is 12.7. The van der Waals surface area contributed by atoms with Gasteiger partial charge in [0, 0.05) is 11.3 Å². The lowest BCUT2D eigenvalue weighted by Crippen LogP contribution is -2.20. The maximum absolute atomic E-state index is 12.6. The summed E-state index contributed by atoms with van der Waals surface area (Å²) in [7, 11) is 0. The third-order valence-electron chi connectivity index (χ3n) is 3.67. The Morgan fingerprint density at radius 3 is 2.40 bits per heavy atom. The minimum absolute atomic E-state index is 0.116. The molecule has 1 aromatic carbocycles. The summed E-state index contributed by atoms with van der Waals surface area (Å²) in [6, 6.07) is 9.57. The fourth-order valence-electron chi connectivity index (χ4n) is 2.33. The van der Waals surface area contributed by atoms with Crippen LogP contribution in [0.25, 0.3) is 0 Å². The Morgan fingerprint density at radius 1 is 1.20 bits per heavy atom. The molecule has 106 valence electrons. The summed E-state index contributed by atoms with van der Waals surface area (Å²) in [5.41, 5.74) is 4.08. The van der Waals surface area contributed by atoms with Crippen LogP contribution in [0.4, 0.5) is 0 Å². The van der Waals surface area contributed by atoms with Gasteiger partial charge in [0.2, 0.25) is 0 Å². The molecule has 0 aliphatic carbocycles. The molecule has 0 amide bonds. The fraction of sp³-hybridized carbons (Fsp3) is 0.412. The van der Waals surface area contributed by atoms with Gasteiger partial charge in [0.15, 0.2) is 5.78 Å². The molecule has 20 heavy (non-hydrogen) atoms. The van der Waals surface area contributed by atoms with Crippen LogP contribution in [-0.4, -0.2) is 15.6 Å². The number of ketones is 1. The maximum atomic E-state index is 12.6. The van der Waals surface area contributed by atoms with Crippen molar-refractivity contribution in [2.24, 2.45) is 0 Å². The summed E-state index contributed by atoms with van der Waals surface area (Å²) in [6.07, 6.45) is 1.78. The van der Waals surface area contributed by atoms with E-state index in [1.165, 1.54) is 0 Å². The molecule has 0 aliphatic heterocycles. The predicted octanol–water partition coefficient (Wildman–Crippen LogP) is 3.76. The number of hydrogen-bond acceptors (Lipinski definition) is 2. The Labute approximate surface area is 120 Å². The van der Waals surface area contributed by atoms with Crippen LogP contribution in [-0.2, 0) is 12.8 Å². The van der Waals surface area contributed by atoms with E-state index in [0.717, 1.165) is 35.4 Å². The average molecular weight is 270 g/mol. The lowest BCUT2D eigenvalue weighted by molar-refractivity contribution is 0.0926. The van der Waals surface area contributed by atoms with Gasteiger partial charge < -0.3 is 0 Å². The molecule has 0 aliphatic rings.